The minimum absolute atomic E-state index is 0.701. The highest BCUT2D eigenvalue weighted by Gasteiger charge is 2.15. The minimum atomic E-state index is 0.701. The van der Waals surface area contributed by atoms with Gasteiger partial charge in [0, 0.05) is 12.4 Å². The Morgan fingerprint density at radius 1 is 0.556 bits per heavy atom. The predicted octanol–water partition coefficient (Wildman–Crippen LogP) is 6.02. The average molecular weight is 474 g/mol. The van der Waals surface area contributed by atoms with Crippen LogP contribution in [0, 0.1) is 0 Å². The normalized spacial score (nSPS) is 11.3. The summed E-state index contributed by atoms with van der Waals surface area (Å²) in [6, 6.07) is 23.0. The molecule has 9 nitrogen and oxygen atoms in total. The van der Waals surface area contributed by atoms with E-state index >= 15 is 0 Å². The van der Waals surface area contributed by atoms with Crippen molar-refractivity contribution in [2.45, 2.75) is 0 Å². The molecule has 0 radical (unpaired) electrons. The molecule has 7 rings (SSSR count). The van der Waals surface area contributed by atoms with Crippen LogP contribution in [0.2, 0.25) is 0 Å². The molecular weight excluding hydrogens is 456 g/mol. The first kappa shape index (κ1) is 20.1. The van der Waals surface area contributed by atoms with Gasteiger partial charge in [-0.2, -0.15) is 15.3 Å². The molecule has 0 N–H and O–H groups in total. The molecule has 6 aromatic heterocycles. The number of aromatic nitrogens is 6. The van der Waals surface area contributed by atoms with E-state index in [1.807, 2.05) is 89.9 Å². The number of hydrogen-bond donors (Lipinski definition) is 0. The zero-order valence-electron chi connectivity index (χ0n) is 18.8. The number of hydrogen-bond acceptors (Lipinski definition) is 6. The molecule has 36 heavy (non-hydrogen) atoms. The third-order valence-electron chi connectivity index (χ3n) is 5.80. The molecule has 174 valence electrons. The molecule has 6 heterocycles. The third kappa shape index (κ3) is 3.46. The molecule has 0 fully saturated rings. The molecule has 1 aromatic carbocycles. The summed E-state index contributed by atoms with van der Waals surface area (Å²) in [5, 5.41) is 14.0. The van der Waals surface area contributed by atoms with Crippen LogP contribution in [-0.2, 0) is 0 Å². The van der Waals surface area contributed by atoms with Crippen LogP contribution in [0.5, 0.6) is 0 Å². The van der Waals surface area contributed by atoms with Gasteiger partial charge in [0.05, 0.1) is 42.0 Å². The van der Waals surface area contributed by atoms with E-state index in [0.29, 0.717) is 11.5 Å². The number of rotatable bonds is 6. The predicted molar refractivity (Wildman–Crippen MR) is 131 cm³/mol. The molecule has 0 spiro atoms. The van der Waals surface area contributed by atoms with Gasteiger partial charge in [0.25, 0.3) is 0 Å². The lowest BCUT2D eigenvalue weighted by Gasteiger charge is -2.12. The van der Waals surface area contributed by atoms with Gasteiger partial charge in [-0.25, -0.2) is 14.0 Å². The SMILES string of the molecule is c1coc(-c2ccn(-c3cc(-n4ccc(-c5ccco5)n4)cc(-n4nccc4-c4ccco4)c3)n2)c1. The first-order valence-corrected chi connectivity index (χ1v) is 11.2. The van der Waals surface area contributed by atoms with Crippen molar-refractivity contribution in [1.82, 2.24) is 29.3 Å². The topological polar surface area (TPSA) is 92.9 Å². The van der Waals surface area contributed by atoms with Crippen LogP contribution in [0.15, 0.2) is 123 Å². The summed E-state index contributed by atoms with van der Waals surface area (Å²) in [5.41, 5.74) is 4.79. The third-order valence-corrected chi connectivity index (χ3v) is 5.80. The average Bonchev–Trinajstić information content (AvgIpc) is 3.76. The summed E-state index contributed by atoms with van der Waals surface area (Å²) in [6.45, 7) is 0. The molecule has 0 aliphatic carbocycles. The van der Waals surface area contributed by atoms with Gasteiger partial charge >= 0.3 is 0 Å². The molecule has 0 bridgehead atoms. The van der Waals surface area contributed by atoms with Crippen LogP contribution in [0.3, 0.4) is 0 Å². The van der Waals surface area contributed by atoms with Crippen LogP contribution < -0.4 is 0 Å². The van der Waals surface area contributed by atoms with Crippen LogP contribution in [0.4, 0.5) is 0 Å². The van der Waals surface area contributed by atoms with Crippen LogP contribution in [0.1, 0.15) is 0 Å². The van der Waals surface area contributed by atoms with Gasteiger partial charge in [0.1, 0.15) is 17.1 Å². The van der Waals surface area contributed by atoms with Crippen LogP contribution in [0.25, 0.3) is 51.4 Å². The smallest absolute Gasteiger partial charge is 0.154 e. The Bertz CT molecular complexity index is 1640. The zero-order valence-corrected chi connectivity index (χ0v) is 18.8. The molecule has 0 atom stereocenters. The summed E-state index contributed by atoms with van der Waals surface area (Å²) in [7, 11) is 0. The Balaban J connectivity index is 1.37. The van der Waals surface area contributed by atoms with E-state index in [9.17, 15) is 0 Å². The monoisotopic (exact) mass is 474 g/mol. The van der Waals surface area contributed by atoms with Gasteiger partial charge in [-0.1, -0.05) is 0 Å². The quantitative estimate of drug-likeness (QED) is 0.292. The number of nitrogens with zero attached hydrogens (tertiary/aromatic N) is 6. The zero-order chi connectivity index (χ0) is 23.9. The first-order valence-electron chi connectivity index (χ1n) is 11.2. The van der Waals surface area contributed by atoms with Crippen LogP contribution >= 0.6 is 0 Å². The van der Waals surface area contributed by atoms with Crippen molar-refractivity contribution >= 4 is 0 Å². The highest BCUT2D eigenvalue weighted by molar-refractivity contribution is 5.61. The maximum absolute atomic E-state index is 5.64. The summed E-state index contributed by atoms with van der Waals surface area (Å²) < 4.78 is 22.1. The van der Waals surface area contributed by atoms with Gasteiger partial charge in [-0.15, -0.1) is 0 Å². The molecule has 0 saturated carbocycles. The fraction of sp³-hybridized carbons (Fsp3) is 0. The van der Waals surface area contributed by atoms with Crippen LogP contribution in [-0.4, -0.2) is 29.3 Å². The fourth-order valence-electron chi connectivity index (χ4n) is 4.13. The molecular formula is C27H18N6O3. The standard InChI is InChI=1S/C27H18N6O3/c1-4-25(34-13-1)22-8-11-31(29-22)19-16-20(32-12-9-23(30-32)26-5-2-14-35-26)18-21(17-19)33-24(7-10-28-33)27-6-3-15-36-27/h1-18H. The molecule has 0 aliphatic heterocycles. The minimum Gasteiger partial charge on any atom is -0.463 e. The highest BCUT2D eigenvalue weighted by atomic mass is 16.3. The summed E-state index contributed by atoms with van der Waals surface area (Å²) in [5.74, 6) is 2.12. The van der Waals surface area contributed by atoms with Gasteiger partial charge in [-0.3, -0.25) is 0 Å². The molecule has 0 aliphatic rings. The van der Waals surface area contributed by atoms with Gasteiger partial charge < -0.3 is 13.3 Å². The van der Waals surface area contributed by atoms with Gasteiger partial charge in [0.2, 0.25) is 0 Å². The van der Waals surface area contributed by atoms with E-state index < -0.39 is 0 Å². The molecule has 0 saturated heterocycles. The van der Waals surface area contributed by atoms with E-state index in [-0.39, 0.29) is 0 Å². The highest BCUT2D eigenvalue weighted by Crippen LogP contribution is 2.28. The molecule has 0 unspecified atom stereocenters. The fourth-order valence-corrected chi connectivity index (χ4v) is 4.13. The number of benzene rings is 1. The molecule has 0 amide bonds. The second-order valence-electron chi connectivity index (χ2n) is 8.06. The van der Waals surface area contributed by atoms with Gasteiger partial charge in [0.15, 0.2) is 17.3 Å². The van der Waals surface area contributed by atoms with Crippen molar-refractivity contribution in [3.63, 3.8) is 0 Å². The summed E-state index contributed by atoms with van der Waals surface area (Å²) in [4.78, 5) is 0. The summed E-state index contributed by atoms with van der Waals surface area (Å²) >= 11 is 0. The Hall–Kier alpha value is -5.31. The Morgan fingerprint density at radius 3 is 1.61 bits per heavy atom. The lowest BCUT2D eigenvalue weighted by Crippen LogP contribution is -2.05. The maximum atomic E-state index is 5.64. The largest absolute Gasteiger partial charge is 0.463 e. The lowest BCUT2D eigenvalue weighted by molar-refractivity contribution is 0.576. The Labute approximate surface area is 204 Å². The van der Waals surface area contributed by atoms with Crippen molar-refractivity contribution in [1.29, 1.82) is 0 Å². The Kier molecular flexibility index (Phi) is 4.56. The second-order valence-corrected chi connectivity index (χ2v) is 8.06. The lowest BCUT2D eigenvalue weighted by atomic mass is 10.2. The van der Waals surface area contributed by atoms with Crippen molar-refractivity contribution in [3.05, 3.63) is 110 Å². The van der Waals surface area contributed by atoms with E-state index in [1.165, 1.54) is 0 Å². The first-order chi connectivity index (χ1) is 17.8. The van der Waals surface area contributed by atoms with Crippen molar-refractivity contribution in [3.8, 4) is 51.4 Å². The van der Waals surface area contributed by atoms with E-state index in [2.05, 4.69) is 5.10 Å². The van der Waals surface area contributed by atoms with E-state index in [4.69, 9.17) is 23.4 Å². The van der Waals surface area contributed by atoms with E-state index in [1.54, 1.807) is 34.3 Å². The number of furan rings is 3. The molecule has 7 aromatic rings. The Morgan fingerprint density at radius 2 is 1.08 bits per heavy atom. The van der Waals surface area contributed by atoms with Crippen molar-refractivity contribution in [2.75, 3.05) is 0 Å². The van der Waals surface area contributed by atoms with E-state index in [0.717, 1.165) is 39.9 Å². The van der Waals surface area contributed by atoms with Crippen molar-refractivity contribution in [2.24, 2.45) is 0 Å². The maximum Gasteiger partial charge on any atom is 0.154 e. The van der Waals surface area contributed by atoms with Gasteiger partial charge in [-0.05, 0) is 72.8 Å². The summed E-state index contributed by atoms with van der Waals surface area (Å²) in [6.07, 6.45) is 10.5. The van der Waals surface area contributed by atoms with Crippen molar-refractivity contribution < 1.29 is 13.3 Å². The molecule has 9 heteroatoms. The second kappa shape index (κ2) is 8.17.